The van der Waals surface area contributed by atoms with Crippen LogP contribution >= 0.6 is 18.7 Å². The first-order chi connectivity index (χ1) is 17.3. The number of aryl methyl sites for hydroxylation is 1. The van der Waals surface area contributed by atoms with E-state index in [2.05, 4.69) is 37.6 Å². The highest BCUT2D eigenvalue weighted by molar-refractivity contribution is 7.70. The molecule has 2 heterocycles. The van der Waals surface area contributed by atoms with Crippen LogP contribution in [0.3, 0.4) is 0 Å². The molecule has 3 aromatic rings. The Bertz CT molecular complexity index is 1230. The van der Waals surface area contributed by atoms with E-state index in [9.17, 15) is 4.57 Å². The van der Waals surface area contributed by atoms with Crippen LogP contribution in [0.2, 0.25) is 5.02 Å². The monoisotopic (exact) mass is 527 g/mol. The van der Waals surface area contributed by atoms with Gasteiger partial charge in [-0.15, -0.1) is 0 Å². The predicted molar refractivity (Wildman–Crippen MR) is 151 cm³/mol. The molecule has 1 aromatic heterocycles. The Morgan fingerprint density at radius 1 is 1.06 bits per heavy atom. The van der Waals surface area contributed by atoms with E-state index in [1.54, 1.807) is 26.6 Å². The normalized spacial score (nSPS) is 14.1. The molecular formula is C27H35ClN5O2P. The van der Waals surface area contributed by atoms with Crippen molar-refractivity contribution in [3.8, 4) is 5.75 Å². The Hall–Kier alpha value is -2.60. The molecule has 7 nitrogen and oxygen atoms in total. The quantitative estimate of drug-likeness (QED) is 0.224. The zero-order valence-electron chi connectivity index (χ0n) is 21.3. The van der Waals surface area contributed by atoms with Gasteiger partial charge >= 0.3 is 0 Å². The summed E-state index contributed by atoms with van der Waals surface area (Å²) < 4.78 is 18.4. The number of rotatable bonds is 11. The fraction of sp³-hybridized carbons (Fsp3) is 0.407. The second-order valence-corrected chi connectivity index (χ2v) is 13.1. The summed E-state index contributed by atoms with van der Waals surface area (Å²) in [4.78, 5) is 11.5. The number of anilines is 4. The minimum Gasteiger partial charge on any atom is -0.495 e. The van der Waals surface area contributed by atoms with Gasteiger partial charge in [-0.2, -0.15) is 4.98 Å². The molecule has 0 saturated carbocycles. The lowest BCUT2D eigenvalue weighted by molar-refractivity contribution is 0.330. The molecule has 0 spiro atoms. The summed E-state index contributed by atoms with van der Waals surface area (Å²) in [5, 5.41) is 7.59. The van der Waals surface area contributed by atoms with Gasteiger partial charge in [-0.1, -0.05) is 29.8 Å². The molecule has 0 amide bonds. The second-order valence-electron chi connectivity index (χ2n) is 9.55. The SMILES string of the molecule is COc1cc(CCCCN2CCCC2)ccc1Nc1ncc(Cl)c(Nc2ccccc2P(C)(C)=O)n1. The molecule has 36 heavy (non-hydrogen) atoms. The number of likely N-dealkylation sites (tertiary alicyclic amines) is 1. The summed E-state index contributed by atoms with van der Waals surface area (Å²) in [7, 11) is -0.825. The summed E-state index contributed by atoms with van der Waals surface area (Å²) in [5.41, 5.74) is 2.74. The first-order valence-electron chi connectivity index (χ1n) is 12.4. The van der Waals surface area contributed by atoms with Crippen molar-refractivity contribution < 1.29 is 9.30 Å². The first kappa shape index (κ1) is 26.5. The molecule has 0 atom stereocenters. The van der Waals surface area contributed by atoms with Crippen molar-refractivity contribution in [1.82, 2.24) is 14.9 Å². The molecule has 192 valence electrons. The van der Waals surface area contributed by atoms with Crippen molar-refractivity contribution in [2.45, 2.75) is 32.1 Å². The fourth-order valence-corrected chi connectivity index (χ4v) is 5.77. The number of unbranched alkanes of at least 4 members (excludes halogenated alkanes) is 1. The Morgan fingerprint density at radius 2 is 1.83 bits per heavy atom. The second kappa shape index (κ2) is 12.1. The lowest BCUT2D eigenvalue weighted by atomic mass is 10.1. The van der Waals surface area contributed by atoms with E-state index in [1.807, 2.05) is 30.3 Å². The molecule has 1 aliphatic heterocycles. The smallest absolute Gasteiger partial charge is 0.229 e. The highest BCUT2D eigenvalue weighted by Gasteiger charge is 2.17. The number of nitrogens with zero attached hydrogens (tertiary/aromatic N) is 3. The van der Waals surface area contributed by atoms with Crippen molar-refractivity contribution in [3.63, 3.8) is 0 Å². The van der Waals surface area contributed by atoms with Gasteiger partial charge in [-0.05, 0) is 94.9 Å². The molecule has 1 fully saturated rings. The van der Waals surface area contributed by atoms with Gasteiger partial charge in [-0.25, -0.2) is 4.98 Å². The van der Waals surface area contributed by atoms with Crippen LogP contribution in [0.5, 0.6) is 5.75 Å². The van der Waals surface area contributed by atoms with E-state index in [4.69, 9.17) is 16.3 Å². The Morgan fingerprint density at radius 3 is 2.58 bits per heavy atom. The van der Waals surface area contributed by atoms with Crippen molar-refractivity contribution in [3.05, 3.63) is 59.2 Å². The zero-order chi connectivity index (χ0) is 25.5. The number of methoxy groups -OCH3 is 1. The summed E-state index contributed by atoms with van der Waals surface area (Å²) in [6.45, 7) is 7.18. The van der Waals surface area contributed by atoms with Crippen LogP contribution in [0.1, 0.15) is 31.2 Å². The van der Waals surface area contributed by atoms with Crippen LogP contribution in [0.15, 0.2) is 48.7 Å². The first-order valence-corrected chi connectivity index (χ1v) is 15.4. The molecule has 0 bridgehead atoms. The Kier molecular flexibility index (Phi) is 8.89. The highest BCUT2D eigenvalue weighted by atomic mass is 35.5. The van der Waals surface area contributed by atoms with Gasteiger partial charge in [-0.3, -0.25) is 0 Å². The van der Waals surface area contributed by atoms with Crippen LogP contribution in [0, 0.1) is 0 Å². The highest BCUT2D eigenvalue weighted by Crippen LogP contribution is 2.38. The van der Waals surface area contributed by atoms with E-state index >= 15 is 0 Å². The van der Waals surface area contributed by atoms with Gasteiger partial charge < -0.3 is 24.8 Å². The molecule has 1 saturated heterocycles. The molecule has 0 aliphatic carbocycles. The number of hydrogen-bond acceptors (Lipinski definition) is 7. The van der Waals surface area contributed by atoms with Crippen molar-refractivity contribution in [2.75, 3.05) is 50.7 Å². The van der Waals surface area contributed by atoms with E-state index < -0.39 is 7.14 Å². The van der Waals surface area contributed by atoms with Gasteiger partial charge in [0.1, 0.15) is 17.9 Å². The number of aromatic nitrogens is 2. The minimum atomic E-state index is -2.49. The number of benzene rings is 2. The van der Waals surface area contributed by atoms with Gasteiger partial charge in [0, 0.05) is 5.30 Å². The lowest BCUT2D eigenvalue weighted by Crippen LogP contribution is -2.20. The molecule has 1 aliphatic rings. The van der Waals surface area contributed by atoms with Crippen LogP contribution in [0.4, 0.5) is 23.1 Å². The molecule has 0 radical (unpaired) electrons. The molecule has 2 N–H and O–H groups in total. The molecule has 4 rings (SSSR count). The van der Waals surface area contributed by atoms with Crippen LogP contribution < -0.4 is 20.7 Å². The Labute approximate surface area is 219 Å². The van der Waals surface area contributed by atoms with E-state index in [0.29, 0.717) is 22.5 Å². The van der Waals surface area contributed by atoms with Gasteiger partial charge in [0.25, 0.3) is 0 Å². The third-order valence-electron chi connectivity index (χ3n) is 6.38. The number of hydrogen-bond donors (Lipinski definition) is 2. The molecule has 0 unspecified atom stereocenters. The van der Waals surface area contributed by atoms with Crippen molar-refractivity contribution in [2.24, 2.45) is 0 Å². The zero-order valence-corrected chi connectivity index (χ0v) is 22.9. The fourth-order valence-electron chi connectivity index (χ4n) is 4.48. The van der Waals surface area contributed by atoms with E-state index in [1.165, 1.54) is 44.5 Å². The lowest BCUT2D eigenvalue weighted by Gasteiger charge is -2.16. The van der Waals surface area contributed by atoms with Crippen LogP contribution in [0.25, 0.3) is 0 Å². The van der Waals surface area contributed by atoms with Crippen LogP contribution in [-0.2, 0) is 11.0 Å². The molecule has 2 aromatic carbocycles. The third kappa shape index (κ3) is 7.00. The Balaban J connectivity index is 1.44. The summed E-state index contributed by atoms with van der Waals surface area (Å²) in [6.07, 6.45) is 7.62. The molecule has 9 heteroatoms. The standard InChI is InChI=1S/C27H35ClN5O2P/c1-35-24-18-20(10-6-7-15-33-16-8-9-17-33)13-14-22(24)31-27-29-19-21(28)26(32-27)30-23-11-4-5-12-25(23)36(2,3)34/h4-5,11-14,18-19H,6-10,15-17H2,1-3H3,(H2,29,30,31,32). The number of ether oxygens (including phenoxy) is 1. The number of para-hydroxylation sites is 1. The average molecular weight is 528 g/mol. The maximum Gasteiger partial charge on any atom is 0.229 e. The van der Waals surface area contributed by atoms with Crippen molar-refractivity contribution in [1.29, 1.82) is 0 Å². The van der Waals surface area contributed by atoms with Gasteiger partial charge in [0.15, 0.2) is 5.82 Å². The van der Waals surface area contributed by atoms with E-state index in [-0.39, 0.29) is 0 Å². The largest absolute Gasteiger partial charge is 0.495 e. The number of halogens is 1. The summed E-state index contributed by atoms with van der Waals surface area (Å²) in [6, 6.07) is 13.7. The third-order valence-corrected chi connectivity index (χ3v) is 8.21. The topological polar surface area (TPSA) is 79.4 Å². The number of nitrogens with one attached hydrogen (secondary N) is 2. The summed E-state index contributed by atoms with van der Waals surface area (Å²) >= 11 is 6.38. The summed E-state index contributed by atoms with van der Waals surface area (Å²) in [5.74, 6) is 1.55. The predicted octanol–water partition coefficient (Wildman–Crippen LogP) is 6.29. The van der Waals surface area contributed by atoms with Gasteiger partial charge in [0.05, 0.1) is 24.7 Å². The maximum atomic E-state index is 12.7. The maximum absolute atomic E-state index is 12.7. The molecular weight excluding hydrogens is 493 g/mol. The van der Waals surface area contributed by atoms with E-state index in [0.717, 1.165) is 29.6 Å². The van der Waals surface area contributed by atoms with Crippen LogP contribution in [-0.4, -0.2) is 54.9 Å². The minimum absolute atomic E-state index is 0.369. The average Bonchev–Trinajstić information content (AvgIpc) is 3.38. The van der Waals surface area contributed by atoms with Gasteiger partial charge in [0.2, 0.25) is 5.95 Å². The van der Waals surface area contributed by atoms with Crippen molar-refractivity contribution >= 4 is 47.2 Å².